The third-order valence-electron chi connectivity index (χ3n) is 5.35. The number of halogens is 1. The molecule has 1 saturated heterocycles. The van der Waals surface area contributed by atoms with Crippen molar-refractivity contribution < 1.29 is 23.8 Å². The molecular formula is C24H29FN2O4. The molecule has 6 nitrogen and oxygen atoms in total. The molecular weight excluding hydrogens is 399 g/mol. The summed E-state index contributed by atoms with van der Waals surface area (Å²) < 4.78 is 20.1. The van der Waals surface area contributed by atoms with E-state index in [9.17, 15) is 19.1 Å². The van der Waals surface area contributed by atoms with E-state index in [1.807, 2.05) is 30.3 Å². The fraction of sp³-hybridized carbons (Fsp3) is 0.417. The molecule has 1 heterocycles. The lowest BCUT2D eigenvalue weighted by Gasteiger charge is -2.22. The van der Waals surface area contributed by atoms with Gasteiger partial charge in [0.2, 0.25) is 0 Å². The van der Waals surface area contributed by atoms with Crippen LogP contribution in [0.1, 0.15) is 41.6 Å². The van der Waals surface area contributed by atoms with Gasteiger partial charge in [0.05, 0.1) is 12.6 Å². The van der Waals surface area contributed by atoms with E-state index in [0.29, 0.717) is 19.5 Å². The zero-order chi connectivity index (χ0) is 22.1. The molecule has 3 rings (SSSR count). The van der Waals surface area contributed by atoms with Crippen LogP contribution in [0, 0.1) is 5.82 Å². The Morgan fingerprint density at radius 3 is 2.42 bits per heavy atom. The number of ether oxygens (including phenoxy) is 1. The molecule has 0 bridgehead atoms. The maximum atomic E-state index is 14.5. The second-order valence-electron chi connectivity index (χ2n) is 7.74. The quantitative estimate of drug-likeness (QED) is 0.678. The summed E-state index contributed by atoms with van der Waals surface area (Å²) in [4.78, 5) is 26.9. The fourth-order valence-corrected chi connectivity index (χ4v) is 3.74. The van der Waals surface area contributed by atoms with Crippen LogP contribution in [-0.4, -0.2) is 54.2 Å². The number of aliphatic hydroxyl groups excluding tert-OH is 1. The monoisotopic (exact) mass is 428 g/mol. The molecule has 166 valence electrons. The smallest absolute Gasteiger partial charge is 0.260 e. The SMILES string of the molecule is O=C(COc1cccc(F)c1C(=O)N1CCCCCC1)N[C@H](CO)Cc1ccccc1. The van der Waals surface area contributed by atoms with E-state index in [2.05, 4.69) is 5.32 Å². The number of carbonyl (C=O) groups is 2. The number of rotatable bonds is 8. The van der Waals surface area contributed by atoms with Crippen molar-refractivity contribution in [1.29, 1.82) is 0 Å². The molecule has 1 aliphatic rings. The van der Waals surface area contributed by atoms with E-state index < -0.39 is 23.7 Å². The average Bonchev–Trinajstić information content (AvgIpc) is 3.07. The normalized spacial score (nSPS) is 15.1. The Balaban J connectivity index is 1.62. The van der Waals surface area contributed by atoms with Crippen molar-refractivity contribution in [2.45, 2.75) is 38.1 Å². The van der Waals surface area contributed by atoms with Crippen molar-refractivity contribution in [3.05, 3.63) is 65.5 Å². The summed E-state index contributed by atoms with van der Waals surface area (Å²) in [5.41, 5.74) is 0.846. The minimum absolute atomic E-state index is 0.0491. The first-order valence-corrected chi connectivity index (χ1v) is 10.7. The molecule has 0 unspecified atom stereocenters. The minimum Gasteiger partial charge on any atom is -0.483 e. The Kier molecular flexibility index (Phi) is 8.41. The summed E-state index contributed by atoms with van der Waals surface area (Å²) >= 11 is 0. The fourth-order valence-electron chi connectivity index (χ4n) is 3.74. The van der Waals surface area contributed by atoms with Gasteiger partial charge in [0.15, 0.2) is 6.61 Å². The lowest BCUT2D eigenvalue weighted by Crippen LogP contribution is -2.41. The number of carbonyl (C=O) groups excluding carboxylic acids is 2. The highest BCUT2D eigenvalue weighted by Gasteiger charge is 2.25. The summed E-state index contributed by atoms with van der Waals surface area (Å²) in [6.07, 6.45) is 4.37. The van der Waals surface area contributed by atoms with Crippen LogP contribution in [0.4, 0.5) is 4.39 Å². The molecule has 2 N–H and O–H groups in total. The van der Waals surface area contributed by atoms with E-state index in [4.69, 9.17) is 4.74 Å². The van der Waals surface area contributed by atoms with Gasteiger partial charge in [-0.2, -0.15) is 0 Å². The first kappa shape index (κ1) is 22.7. The van der Waals surface area contributed by atoms with Gasteiger partial charge >= 0.3 is 0 Å². The van der Waals surface area contributed by atoms with E-state index >= 15 is 0 Å². The molecule has 31 heavy (non-hydrogen) atoms. The molecule has 0 radical (unpaired) electrons. The molecule has 0 aliphatic carbocycles. The zero-order valence-electron chi connectivity index (χ0n) is 17.6. The van der Waals surface area contributed by atoms with E-state index in [1.165, 1.54) is 18.2 Å². The molecule has 2 amide bonds. The summed E-state index contributed by atoms with van der Waals surface area (Å²) in [6.45, 7) is 0.573. The summed E-state index contributed by atoms with van der Waals surface area (Å²) in [7, 11) is 0. The molecule has 0 saturated carbocycles. The Hall–Kier alpha value is -2.93. The molecule has 7 heteroatoms. The number of amides is 2. The average molecular weight is 429 g/mol. The number of benzene rings is 2. The Bertz CT molecular complexity index is 867. The topological polar surface area (TPSA) is 78.9 Å². The second-order valence-corrected chi connectivity index (χ2v) is 7.74. The maximum Gasteiger partial charge on any atom is 0.260 e. The van der Waals surface area contributed by atoms with Gasteiger partial charge in [-0.15, -0.1) is 0 Å². The van der Waals surface area contributed by atoms with Crippen LogP contribution in [-0.2, 0) is 11.2 Å². The predicted octanol–water partition coefficient (Wildman–Crippen LogP) is 2.94. The highest BCUT2D eigenvalue weighted by atomic mass is 19.1. The summed E-state index contributed by atoms with van der Waals surface area (Å²) in [5.74, 6) is -1.47. The Morgan fingerprint density at radius 2 is 1.74 bits per heavy atom. The summed E-state index contributed by atoms with van der Waals surface area (Å²) in [6, 6.07) is 13.2. The van der Waals surface area contributed by atoms with Gasteiger partial charge in [0.25, 0.3) is 11.8 Å². The number of hydrogen-bond acceptors (Lipinski definition) is 4. The minimum atomic E-state index is -0.663. The largest absolute Gasteiger partial charge is 0.483 e. The van der Waals surface area contributed by atoms with Crippen molar-refractivity contribution in [2.75, 3.05) is 26.3 Å². The first-order valence-electron chi connectivity index (χ1n) is 10.7. The van der Waals surface area contributed by atoms with Crippen LogP contribution in [0.15, 0.2) is 48.5 Å². The van der Waals surface area contributed by atoms with Gasteiger partial charge in [-0.3, -0.25) is 9.59 Å². The molecule has 1 fully saturated rings. The van der Waals surface area contributed by atoms with Crippen molar-refractivity contribution in [3.63, 3.8) is 0 Å². The van der Waals surface area contributed by atoms with Crippen molar-refractivity contribution in [3.8, 4) is 5.75 Å². The molecule has 1 aliphatic heterocycles. The van der Waals surface area contributed by atoms with E-state index in [1.54, 1.807) is 4.90 Å². The zero-order valence-corrected chi connectivity index (χ0v) is 17.6. The van der Waals surface area contributed by atoms with Crippen LogP contribution in [0.2, 0.25) is 0 Å². The lowest BCUT2D eigenvalue weighted by atomic mass is 10.1. The first-order chi connectivity index (χ1) is 15.1. The molecule has 0 spiro atoms. The van der Waals surface area contributed by atoms with Gasteiger partial charge < -0.3 is 20.1 Å². The number of hydrogen-bond donors (Lipinski definition) is 2. The van der Waals surface area contributed by atoms with Crippen LogP contribution < -0.4 is 10.1 Å². The van der Waals surface area contributed by atoms with Crippen molar-refractivity contribution >= 4 is 11.8 Å². The number of aliphatic hydroxyl groups is 1. The number of nitrogens with one attached hydrogen (secondary N) is 1. The Labute approximate surface area is 182 Å². The molecule has 2 aromatic rings. The molecule has 1 atom stereocenters. The van der Waals surface area contributed by atoms with Gasteiger partial charge in [-0.25, -0.2) is 4.39 Å². The highest BCUT2D eigenvalue weighted by molar-refractivity contribution is 5.97. The second kappa shape index (κ2) is 11.5. The standard InChI is InChI=1S/C24H29FN2O4/c25-20-11-8-12-21(23(20)24(30)27-13-6-1-2-7-14-27)31-17-22(29)26-19(16-28)15-18-9-4-3-5-10-18/h3-5,8-12,19,28H,1-2,6-7,13-17H2,(H,26,29)/t19-/m0/s1. The van der Waals surface area contributed by atoms with Gasteiger partial charge in [0.1, 0.15) is 17.1 Å². The third kappa shape index (κ3) is 6.52. The van der Waals surface area contributed by atoms with E-state index in [0.717, 1.165) is 31.2 Å². The van der Waals surface area contributed by atoms with Crippen molar-refractivity contribution in [2.24, 2.45) is 0 Å². The highest BCUT2D eigenvalue weighted by Crippen LogP contribution is 2.24. The number of likely N-dealkylation sites (tertiary alicyclic amines) is 1. The Morgan fingerprint density at radius 1 is 1.03 bits per heavy atom. The van der Waals surface area contributed by atoms with Crippen LogP contribution in [0.5, 0.6) is 5.75 Å². The van der Waals surface area contributed by atoms with Crippen LogP contribution >= 0.6 is 0 Å². The van der Waals surface area contributed by atoms with Crippen LogP contribution in [0.25, 0.3) is 0 Å². The van der Waals surface area contributed by atoms with Gasteiger partial charge in [-0.05, 0) is 37.0 Å². The number of nitrogens with zero attached hydrogens (tertiary/aromatic N) is 1. The van der Waals surface area contributed by atoms with Gasteiger partial charge in [-0.1, -0.05) is 49.2 Å². The van der Waals surface area contributed by atoms with E-state index in [-0.39, 0.29) is 24.5 Å². The van der Waals surface area contributed by atoms with Crippen molar-refractivity contribution in [1.82, 2.24) is 10.2 Å². The predicted molar refractivity (Wildman–Crippen MR) is 115 cm³/mol. The maximum absolute atomic E-state index is 14.5. The van der Waals surface area contributed by atoms with Gasteiger partial charge in [0, 0.05) is 13.1 Å². The molecule has 2 aromatic carbocycles. The summed E-state index contributed by atoms with van der Waals surface area (Å²) in [5, 5.41) is 12.3. The lowest BCUT2D eigenvalue weighted by molar-refractivity contribution is -0.124. The van der Waals surface area contributed by atoms with Crippen LogP contribution in [0.3, 0.4) is 0 Å². The molecule has 0 aromatic heterocycles. The third-order valence-corrected chi connectivity index (χ3v) is 5.35.